The largest absolute Gasteiger partial charge is 0.493 e. The van der Waals surface area contributed by atoms with E-state index in [2.05, 4.69) is 5.32 Å². The second-order valence-electron chi connectivity index (χ2n) is 8.14. The van der Waals surface area contributed by atoms with Crippen LogP contribution in [0.3, 0.4) is 0 Å². The molecule has 188 valence electrons. The first-order chi connectivity index (χ1) is 17.8. The number of hydrogen-bond acceptors (Lipinski definition) is 6. The van der Waals surface area contributed by atoms with Crippen LogP contribution in [0.15, 0.2) is 72.3 Å². The number of carbonyl (C=O) groups is 3. The summed E-state index contributed by atoms with van der Waals surface area (Å²) in [6.07, 6.45) is 2.17. The van der Waals surface area contributed by atoms with E-state index in [9.17, 15) is 19.5 Å². The Labute approximate surface area is 219 Å². The molecule has 0 aliphatic carbocycles. The van der Waals surface area contributed by atoms with Crippen LogP contribution in [0.25, 0.3) is 6.08 Å². The van der Waals surface area contributed by atoms with Gasteiger partial charge in [-0.2, -0.15) is 0 Å². The van der Waals surface area contributed by atoms with E-state index in [1.54, 1.807) is 36.4 Å². The molecule has 1 fully saturated rings. The molecule has 0 atom stereocenters. The average Bonchev–Trinajstić information content (AvgIpc) is 2.90. The second-order valence-corrected chi connectivity index (χ2v) is 8.53. The van der Waals surface area contributed by atoms with Gasteiger partial charge in [-0.25, -0.2) is 4.79 Å². The van der Waals surface area contributed by atoms with Crippen molar-refractivity contribution in [3.8, 4) is 11.5 Å². The molecule has 8 nitrogen and oxygen atoms in total. The minimum absolute atomic E-state index is 0.0290. The Morgan fingerprint density at radius 3 is 2.57 bits per heavy atom. The van der Waals surface area contributed by atoms with Crippen molar-refractivity contribution in [3.63, 3.8) is 0 Å². The maximum atomic E-state index is 13.4. The summed E-state index contributed by atoms with van der Waals surface area (Å²) >= 11 is 5.31. The summed E-state index contributed by atoms with van der Waals surface area (Å²) in [4.78, 5) is 38.6. The number of amides is 2. The molecule has 0 radical (unpaired) electrons. The molecular formula is C28H24N2O6S. The van der Waals surface area contributed by atoms with Crippen LogP contribution in [0.1, 0.15) is 34.0 Å². The first kappa shape index (κ1) is 25.6. The summed E-state index contributed by atoms with van der Waals surface area (Å²) in [6, 6.07) is 18.8. The SMILES string of the molecule is CCc1ccccc1N1C(=O)/C(=C/c2ccc(OCc3cccc(C(=O)O)c3)c(OC)c2)C(=O)NC1=S. The molecule has 0 saturated carbocycles. The normalized spacial score (nSPS) is 14.5. The third-order valence-corrected chi connectivity index (χ3v) is 6.07. The molecule has 0 bridgehead atoms. The molecule has 1 aliphatic heterocycles. The van der Waals surface area contributed by atoms with Crippen molar-refractivity contribution in [3.05, 3.63) is 94.6 Å². The number of thiocarbonyl (C=S) groups is 1. The van der Waals surface area contributed by atoms with Gasteiger partial charge in [0.1, 0.15) is 12.2 Å². The number of ether oxygens (including phenoxy) is 2. The highest BCUT2D eigenvalue weighted by molar-refractivity contribution is 7.80. The quantitative estimate of drug-likeness (QED) is 0.260. The molecule has 2 N–H and O–H groups in total. The Morgan fingerprint density at radius 2 is 1.84 bits per heavy atom. The molecule has 2 amide bonds. The molecular weight excluding hydrogens is 492 g/mol. The molecule has 3 aromatic carbocycles. The van der Waals surface area contributed by atoms with Gasteiger partial charge in [0.15, 0.2) is 16.6 Å². The number of carboxylic acid groups (broad SMARTS) is 1. The van der Waals surface area contributed by atoms with Gasteiger partial charge in [-0.3, -0.25) is 19.8 Å². The molecule has 0 unspecified atom stereocenters. The fourth-order valence-electron chi connectivity index (χ4n) is 3.92. The van der Waals surface area contributed by atoms with Crippen LogP contribution in [0, 0.1) is 0 Å². The van der Waals surface area contributed by atoms with Gasteiger partial charge in [0, 0.05) is 0 Å². The second kappa shape index (κ2) is 11.0. The van der Waals surface area contributed by atoms with Gasteiger partial charge in [0.25, 0.3) is 11.8 Å². The number of hydrogen-bond donors (Lipinski definition) is 2. The van der Waals surface area contributed by atoms with Gasteiger partial charge >= 0.3 is 5.97 Å². The zero-order valence-electron chi connectivity index (χ0n) is 20.2. The van der Waals surface area contributed by atoms with Crippen LogP contribution >= 0.6 is 12.2 Å². The molecule has 1 aliphatic rings. The minimum atomic E-state index is -1.02. The molecule has 0 spiro atoms. The topological polar surface area (TPSA) is 105 Å². The summed E-state index contributed by atoms with van der Waals surface area (Å²) in [5.74, 6) is -1.32. The highest BCUT2D eigenvalue weighted by Crippen LogP contribution is 2.31. The van der Waals surface area contributed by atoms with E-state index in [0.717, 1.165) is 5.56 Å². The van der Waals surface area contributed by atoms with Gasteiger partial charge < -0.3 is 14.6 Å². The van der Waals surface area contributed by atoms with Crippen LogP contribution in [-0.4, -0.2) is 35.1 Å². The monoisotopic (exact) mass is 516 g/mol. The predicted octanol–water partition coefficient (Wildman–Crippen LogP) is 4.37. The smallest absolute Gasteiger partial charge is 0.335 e. The number of rotatable bonds is 8. The van der Waals surface area contributed by atoms with Crippen LogP contribution in [0.5, 0.6) is 11.5 Å². The minimum Gasteiger partial charge on any atom is -0.493 e. The summed E-state index contributed by atoms with van der Waals surface area (Å²) in [6.45, 7) is 2.10. The zero-order chi connectivity index (χ0) is 26.5. The van der Waals surface area contributed by atoms with Crippen molar-refractivity contribution in [2.75, 3.05) is 12.0 Å². The standard InChI is InChI=1S/C28H24N2O6S/c1-3-19-8-4-5-10-22(19)30-26(32)21(25(31)29-28(30)37)14-17-11-12-23(24(15-17)35-2)36-16-18-7-6-9-20(13-18)27(33)34/h4-15H,3,16H2,1-2H3,(H,33,34)(H,29,31,37)/b21-14+. The number of carbonyl (C=O) groups excluding carboxylic acids is 2. The zero-order valence-corrected chi connectivity index (χ0v) is 21.0. The van der Waals surface area contributed by atoms with Crippen LogP contribution in [-0.2, 0) is 22.6 Å². The lowest BCUT2D eigenvalue weighted by Crippen LogP contribution is -2.54. The lowest BCUT2D eigenvalue weighted by atomic mass is 10.0. The van der Waals surface area contributed by atoms with Crippen LogP contribution in [0.4, 0.5) is 5.69 Å². The Bertz CT molecular complexity index is 1430. The number of carboxylic acids is 1. The van der Waals surface area contributed by atoms with Crippen molar-refractivity contribution >= 4 is 46.9 Å². The van der Waals surface area contributed by atoms with E-state index in [4.69, 9.17) is 21.7 Å². The van der Waals surface area contributed by atoms with E-state index in [1.165, 1.54) is 30.2 Å². The van der Waals surface area contributed by atoms with Crippen molar-refractivity contribution in [1.82, 2.24) is 5.32 Å². The number of nitrogens with one attached hydrogen (secondary N) is 1. The number of anilines is 1. The van der Waals surface area contributed by atoms with Gasteiger partial charge in [0.2, 0.25) is 0 Å². The number of aromatic carboxylic acids is 1. The van der Waals surface area contributed by atoms with Gasteiger partial charge in [0.05, 0.1) is 18.4 Å². The maximum Gasteiger partial charge on any atom is 0.335 e. The van der Waals surface area contributed by atoms with Crippen LogP contribution in [0.2, 0.25) is 0 Å². The Morgan fingerprint density at radius 1 is 1.05 bits per heavy atom. The number of aryl methyl sites for hydroxylation is 1. The first-order valence-electron chi connectivity index (χ1n) is 11.4. The summed E-state index contributed by atoms with van der Waals surface area (Å²) in [7, 11) is 1.48. The molecule has 37 heavy (non-hydrogen) atoms. The predicted molar refractivity (Wildman–Crippen MR) is 143 cm³/mol. The highest BCUT2D eigenvalue weighted by Gasteiger charge is 2.35. The molecule has 4 rings (SSSR count). The lowest BCUT2D eigenvalue weighted by molar-refractivity contribution is -0.122. The first-order valence-corrected chi connectivity index (χ1v) is 11.9. The van der Waals surface area contributed by atoms with E-state index in [-0.39, 0.29) is 22.9 Å². The number of nitrogens with zero attached hydrogens (tertiary/aromatic N) is 1. The van der Waals surface area contributed by atoms with E-state index < -0.39 is 17.8 Å². The Kier molecular flexibility index (Phi) is 7.64. The van der Waals surface area contributed by atoms with E-state index in [0.29, 0.717) is 34.7 Å². The van der Waals surface area contributed by atoms with Crippen molar-refractivity contribution in [2.45, 2.75) is 20.0 Å². The van der Waals surface area contributed by atoms with Crippen molar-refractivity contribution in [1.29, 1.82) is 0 Å². The Hall–Kier alpha value is -4.50. The number of benzene rings is 3. The molecule has 9 heteroatoms. The van der Waals surface area contributed by atoms with Crippen LogP contribution < -0.4 is 19.7 Å². The number of para-hydroxylation sites is 1. The fraction of sp³-hybridized carbons (Fsp3) is 0.143. The number of methoxy groups -OCH3 is 1. The molecule has 3 aromatic rings. The molecule has 0 aromatic heterocycles. The Balaban J connectivity index is 1.59. The lowest BCUT2D eigenvalue weighted by Gasteiger charge is -2.30. The third-order valence-electron chi connectivity index (χ3n) is 5.78. The van der Waals surface area contributed by atoms with E-state index >= 15 is 0 Å². The molecule has 1 saturated heterocycles. The van der Waals surface area contributed by atoms with Gasteiger partial charge in [-0.05, 0) is 71.7 Å². The third kappa shape index (κ3) is 5.52. The molecule has 1 heterocycles. The van der Waals surface area contributed by atoms with Crippen molar-refractivity contribution in [2.24, 2.45) is 0 Å². The summed E-state index contributed by atoms with van der Waals surface area (Å²) in [5, 5.41) is 11.8. The van der Waals surface area contributed by atoms with Gasteiger partial charge in [-0.15, -0.1) is 0 Å². The van der Waals surface area contributed by atoms with E-state index in [1.807, 2.05) is 25.1 Å². The summed E-state index contributed by atoms with van der Waals surface area (Å²) in [5.41, 5.74) is 2.87. The fourth-order valence-corrected chi connectivity index (χ4v) is 4.19. The summed E-state index contributed by atoms with van der Waals surface area (Å²) < 4.78 is 11.3. The highest BCUT2D eigenvalue weighted by atomic mass is 32.1. The average molecular weight is 517 g/mol. The maximum absolute atomic E-state index is 13.4. The van der Waals surface area contributed by atoms with Crippen molar-refractivity contribution < 1.29 is 29.0 Å². The van der Waals surface area contributed by atoms with Gasteiger partial charge in [-0.1, -0.05) is 43.3 Å².